The van der Waals surface area contributed by atoms with E-state index in [1.54, 1.807) is 0 Å². The summed E-state index contributed by atoms with van der Waals surface area (Å²) in [6.07, 6.45) is 0. The highest BCUT2D eigenvalue weighted by Gasteiger charge is 2.25. The number of rotatable bonds is 3. The van der Waals surface area contributed by atoms with E-state index in [4.69, 9.17) is 8.83 Å². The third kappa shape index (κ3) is 3.50. The van der Waals surface area contributed by atoms with Crippen molar-refractivity contribution in [1.29, 1.82) is 0 Å². The Hall–Kier alpha value is -5.34. The fourth-order valence-electron chi connectivity index (χ4n) is 6.03. The molecule has 0 radical (unpaired) electrons. The lowest BCUT2D eigenvalue weighted by Gasteiger charge is -2.16. The average Bonchev–Trinajstić information content (AvgIpc) is 3.02. The molecular weight excluding hydrogens is 488 g/mol. The minimum Gasteiger partial charge on any atom is -0.207 e. The van der Waals surface area contributed by atoms with Gasteiger partial charge in [0.2, 0.25) is 0 Å². The van der Waals surface area contributed by atoms with Gasteiger partial charge in [0.05, 0.1) is 21.5 Å². The van der Waals surface area contributed by atoms with E-state index >= 15 is 0 Å². The summed E-state index contributed by atoms with van der Waals surface area (Å²) in [6.45, 7) is 0. The lowest BCUT2D eigenvalue weighted by molar-refractivity contribution is 0.660. The van der Waals surface area contributed by atoms with Crippen LogP contribution in [-0.2, 0) is 0 Å². The van der Waals surface area contributed by atoms with Crippen LogP contribution in [0.25, 0.3) is 77.3 Å². The van der Waals surface area contributed by atoms with E-state index in [2.05, 4.69) is 97.1 Å². The third-order valence-electron chi connectivity index (χ3n) is 7.75. The van der Waals surface area contributed by atoms with Crippen molar-refractivity contribution in [2.24, 2.45) is 0 Å². The molecule has 2 aromatic heterocycles. The highest BCUT2D eigenvalue weighted by molar-refractivity contribution is 6.14. The molecular formula is C38H24O2+2. The minimum atomic E-state index is 0.876. The van der Waals surface area contributed by atoms with E-state index in [0.29, 0.717) is 0 Å². The minimum absolute atomic E-state index is 0.876. The summed E-state index contributed by atoms with van der Waals surface area (Å²) in [6, 6.07) is 50.7. The van der Waals surface area contributed by atoms with Crippen LogP contribution in [0.15, 0.2) is 154 Å². The highest BCUT2D eigenvalue weighted by atomic mass is 16.3. The Bertz CT molecular complexity index is 1960. The second kappa shape index (κ2) is 9.14. The molecule has 0 aliphatic heterocycles. The zero-order valence-electron chi connectivity index (χ0n) is 21.7. The maximum absolute atomic E-state index is 6.33. The molecule has 6 aromatic carbocycles. The maximum Gasteiger partial charge on any atom is 0.361 e. The van der Waals surface area contributed by atoms with Gasteiger partial charge in [0.15, 0.2) is 0 Å². The molecule has 0 saturated heterocycles. The van der Waals surface area contributed by atoms with Crippen molar-refractivity contribution in [3.8, 4) is 33.4 Å². The second-order valence-corrected chi connectivity index (χ2v) is 10.0. The fraction of sp³-hybridized carbons (Fsp3) is 0. The molecule has 0 saturated carbocycles. The monoisotopic (exact) mass is 512 g/mol. The first-order valence-electron chi connectivity index (χ1n) is 13.5. The van der Waals surface area contributed by atoms with E-state index in [0.717, 1.165) is 43.9 Å². The van der Waals surface area contributed by atoms with Crippen molar-refractivity contribution in [2.75, 3.05) is 0 Å². The quantitative estimate of drug-likeness (QED) is 0.173. The molecule has 8 rings (SSSR count). The van der Waals surface area contributed by atoms with Gasteiger partial charge in [-0.1, -0.05) is 97.1 Å². The normalized spacial score (nSPS) is 11.5. The van der Waals surface area contributed by atoms with Gasteiger partial charge < -0.3 is 0 Å². The van der Waals surface area contributed by atoms with E-state index in [1.165, 1.54) is 33.4 Å². The van der Waals surface area contributed by atoms with Gasteiger partial charge in [0.1, 0.15) is 0 Å². The van der Waals surface area contributed by atoms with Gasteiger partial charge in [-0.2, -0.15) is 0 Å². The lowest BCUT2D eigenvalue weighted by Crippen LogP contribution is -1.93. The first kappa shape index (κ1) is 22.6. The molecule has 0 amide bonds. The molecule has 2 heterocycles. The smallest absolute Gasteiger partial charge is 0.207 e. The Morgan fingerprint density at radius 3 is 0.825 bits per heavy atom. The molecule has 8 aromatic rings. The first-order chi connectivity index (χ1) is 19.9. The van der Waals surface area contributed by atoms with Crippen LogP contribution in [0.1, 0.15) is 0 Å². The standard InChI is InChI=1S/C38H24O2/c1-3-15-27(37-29-17-5-9-21-33(29)39-34-22-10-6-18-30(34)37)25(13-1)26-14-2-4-16-28(26)38-31-19-7-11-23-35(31)40-36-24-12-8-20-32(36)38/h1-24H/q+2. The zero-order valence-corrected chi connectivity index (χ0v) is 21.7. The molecule has 0 bridgehead atoms. The van der Waals surface area contributed by atoms with Crippen LogP contribution >= 0.6 is 0 Å². The predicted octanol–water partition coefficient (Wildman–Crippen LogP) is 11.0. The summed E-state index contributed by atoms with van der Waals surface area (Å²) in [5.41, 5.74) is 10.6. The Morgan fingerprint density at radius 1 is 0.250 bits per heavy atom. The molecule has 0 aliphatic rings. The molecule has 0 aliphatic carbocycles. The second-order valence-electron chi connectivity index (χ2n) is 10.0. The Morgan fingerprint density at radius 2 is 0.500 bits per heavy atom. The summed E-state index contributed by atoms with van der Waals surface area (Å²) in [5, 5.41) is 4.39. The number of fused-ring (bicyclic) bond motifs is 4. The van der Waals surface area contributed by atoms with Crippen LogP contribution in [-0.4, -0.2) is 0 Å². The van der Waals surface area contributed by atoms with Gasteiger partial charge in [-0.05, 0) is 46.5 Å². The Balaban J connectivity index is 1.49. The van der Waals surface area contributed by atoms with Crippen molar-refractivity contribution in [3.05, 3.63) is 146 Å². The molecule has 0 unspecified atom stereocenters. The van der Waals surface area contributed by atoms with E-state index in [1.807, 2.05) is 48.5 Å². The third-order valence-corrected chi connectivity index (χ3v) is 7.75. The van der Waals surface area contributed by atoms with Crippen molar-refractivity contribution in [3.63, 3.8) is 0 Å². The first-order valence-corrected chi connectivity index (χ1v) is 13.5. The topological polar surface area (TPSA) is 22.6 Å². The van der Waals surface area contributed by atoms with Crippen LogP contribution in [0.3, 0.4) is 0 Å². The predicted molar refractivity (Wildman–Crippen MR) is 166 cm³/mol. The summed E-state index contributed by atoms with van der Waals surface area (Å²) >= 11 is 0. The fourth-order valence-corrected chi connectivity index (χ4v) is 6.03. The number of para-hydroxylation sites is 4. The summed E-state index contributed by atoms with van der Waals surface area (Å²) < 4.78 is 12.7. The van der Waals surface area contributed by atoms with Gasteiger partial charge in [-0.3, -0.25) is 0 Å². The molecule has 0 spiro atoms. The number of benzene rings is 6. The highest BCUT2D eigenvalue weighted by Crippen LogP contribution is 2.45. The molecule has 0 N–H and O–H groups in total. The average molecular weight is 513 g/mol. The largest absolute Gasteiger partial charge is 0.361 e. The van der Waals surface area contributed by atoms with Crippen LogP contribution < -0.4 is 0 Å². The molecule has 2 nitrogen and oxygen atoms in total. The molecule has 40 heavy (non-hydrogen) atoms. The van der Waals surface area contributed by atoms with Crippen LogP contribution in [0.5, 0.6) is 0 Å². The van der Waals surface area contributed by atoms with Crippen LogP contribution in [0, 0.1) is 0 Å². The van der Waals surface area contributed by atoms with Crippen molar-refractivity contribution >= 4 is 43.9 Å². The van der Waals surface area contributed by atoms with Crippen molar-refractivity contribution in [1.82, 2.24) is 0 Å². The van der Waals surface area contributed by atoms with Crippen LogP contribution in [0.2, 0.25) is 0 Å². The van der Waals surface area contributed by atoms with Crippen LogP contribution in [0.4, 0.5) is 0 Å². The number of hydrogen-bond acceptors (Lipinski definition) is 0. The molecule has 0 fully saturated rings. The summed E-state index contributed by atoms with van der Waals surface area (Å²) in [4.78, 5) is 0. The summed E-state index contributed by atoms with van der Waals surface area (Å²) in [7, 11) is 0. The van der Waals surface area contributed by atoms with Gasteiger partial charge in [0, 0.05) is 35.4 Å². The van der Waals surface area contributed by atoms with Gasteiger partial charge in [0.25, 0.3) is 0 Å². The molecule has 0 atom stereocenters. The van der Waals surface area contributed by atoms with Gasteiger partial charge >= 0.3 is 22.3 Å². The lowest BCUT2D eigenvalue weighted by atomic mass is 9.86. The number of hydrogen-bond donors (Lipinski definition) is 0. The Kier molecular flexibility index (Phi) is 5.17. The van der Waals surface area contributed by atoms with E-state index in [9.17, 15) is 0 Å². The van der Waals surface area contributed by atoms with Gasteiger partial charge in [-0.15, -0.1) is 0 Å². The molecule has 186 valence electrons. The maximum atomic E-state index is 6.33. The SMILES string of the molecule is c1ccc(-c2c3ccccc3[o+]c3ccccc23)c(-c2ccccc2-c2c3ccccc3[o+]c3ccccc23)c1. The van der Waals surface area contributed by atoms with Gasteiger partial charge in [-0.25, -0.2) is 8.83 Å². The van der Waals surface area contributed by atoms with Crippen molar-refractivity contribution in [2.45, 2.75) is 0 Å². The van der Waals surface area contributed by atoms with E-state index < -0.39 is 0 Å². The molecule has 2 heteroatoms. The summed E-state index contributed by atoms with van der Waals surface area (Å²) in [5.74, 6) is 0. The van der Waals surface area contributed by atoms with Crippen molar-refractivity contribution < 1.29 is 8.83 Å². The van der Waals surface area contributed by atoms with E-state index in [-0.39, 0.29) is 0 Å². The Labute approximate surface area is 231 Å². The zero-order chi connectivity index (χ0) is 26.5.